The highest BCUT2D eigenvalue weighted by Crippen LogP contribution is 2.33. The lowest BCUT2D eigenvalue weighted by Crippen LogP contribution is -2.47. The number of aromatic nitrogens is 3. The third kappa shape index (κ3) is 5.71. The second kappa shape index (κ2) is 10.2. The molecule has 1 saturated carbocycles. The van der Waals surface area contributed by atoms with Gasteiger partial charge in [-0.15, -0.1) is 0 Å². The number of primary amides is 1. The van der Waals surface area contributed by atoms with E-state index in [0.717, 1.165) is 31.3 Å². The number of ether oxygens (including phenoxy) is 1. The number of hydrogen-bond donors (Lipinski definition) is 2. The number of anilines is 1. The maximum absolute atomic E-state index is 12.6. The normalized spacial score (nSPS) is 20.2. The molecule has 0 radical (unpaired) electrons. The first-order valence-corrected chi connectivity index (χ1v) is 13.3. The first-order valence-electron chi connectivity index (χ1n) is 13.3. The molecular formula is C27H35N7O4. The first-order chi connectivity index (χ1) is 18.1. The number of rotatable bonds is 5. The monoisotopic (exact) mass is 521 g/mol. The SMILES string of the molecule is CC(C)(C)OC(=O)N1CCC[C@H](Nc2ncnc3c(C(N)=O)cc(C4=CCN(C(=O)C5CC5)CC4)nc23)C1. The smallest absolute Gasteiger partial charge is 0.410 e. The van der Waals surface area contributed by atoms with E-state index in [-0.39, 0.29) is 29.5 Å². The van der Waals surface area contributed by atoms with E-state index in [1.54, 1.807) is 11.0 Å². The molecule has 1 saturated heterocycles. The molecule has 5 rings (SSSR count). The molecule has 2 fully saturated rings. The second-order valence-electron chi connectivity index (χ2n) is 11.3. The molecule has 2 aliphatic heterocycles. The minimum Gasteiger partial charge on any atom is -0.444 e. The van der Waals surface area contributed by atoms with Crippen LogP contribution in [-0.2, 0) is 9.53 Å². The molecule has 1 aliphatic carbocycles. The van der Waals surface area contributed by atoms with Gasteiger partial charge in [0.15, 0.2) is 5.82 Å². The number of nitrogens with two attached hydrogens (primary N) is 1. The molecule has 0 aromatic carbocycles. The fourth-order valence-corrected chi connectivity index (χ4v) is 4.97. The van der Waals surface area contributed by atoms with Crippen LogP contribution in [0.1, 0.15) is 68.9 Å². The topological polar surface area (TPSA) is 144 Å². The van der Waals surface area contributed by atoms with Crippen molar-refractivity contribution in [3.8, 4) is 0 Å². The van der Waals surface area contributed by atoms with Crippen molar-refractivity contribution in [2.75, 3.05) is 31.5 Å². The van der Waals surface area contributed by atoms with Crippen LogP contribution < -0.4 is 11.1 Å². The van der Waals surface area contributed by atoms with E-state index in [1.807, 2.05) is 31.7 Å². The number of pyridine rings is 1. The lowest BCUT2D eigenvalue weighted by Gasteiger charge is -2.34. The van der Waals surface area contributed by atoms with Crippen molar-refractivity contribution in [3.05, 3.63) is 29.7 Å². The molecule has 11 nitrogen and oxygen atoms in total. The van der Waals surface area contributed by atoms with Crippen molar-refractivity contribution >= 4 is 40.3 Å². The average molecular weight is 522 g/mol. The molecule has 3 aliphatic rings. The van der Waals surface area contributed by atoms with Crippen LogP contribution >= 0.6 is 0 Å². The van der Waals surface area contributed by atoms with Crippen molar-refractivity contribution < 1.29 is 19.1 Å². The summed E-state index contributed by atoms with van der Waals surface area (Å²) in [6.07, 6.45) is 7.29. The summed E-state index contributed by atoms with van der Waals surface area (Å²) in [5.41, 5.74) is 7.85. The summed E-state index contributed by atoms with van der Waals surface area (Å²) in [5, 5.41) is 3.42. The first kappa shape index (κ1) is 25.9. The minimum absolute atomic E-state index is 0.0762. The molecule has 38 heavy (non-hydrogen) atoms. The van der Waals surface area contributed by atoms with E-state index in [9.17, 15) is 14.4 Å². The quantitative estimate of drug-likeness (QED) is 0.611. The van der Waals surface area contributed by atoms with Gasteiger partial charge in [-0.3, -0.25) is 9.59 Å². The predicted molar refractivity (Wildman–Crippen MR) is 142 cm³/mol. The standard InChI is InChI=1S/C27H35N7O4/c1-27(2,3)38-26(37)34-10-4-5-18(14-34)31-24-22-21(29-15-30-24)19(23(28)35)13-20(32-22)16-8-11-33(12-9-16)25(36)17-6-7-17/h8,13,15,17-18H,4-7,9-12,14H2,1-3H3,(H2,28,35)(H,29,30,31)/t18-/m0/s1. The lowest BCUT2D eigenvalue weighted by molar-refractivity contribution is -0.132. The van der Waals surface area contributed by atoms with Crippen molar-refractivity contribution in [3.63, 3.8) is 0 Å². The Morgan fingerprint density at radius 2 is 1.87 bits per heavy atom. The van der Waals surface area contributed by atoms with Gasteiger partial charge in [0.25, 0.3) is 5.91 Å². The number of nitrogens with zero attached hydrogens (tertiary/aromatic N) is 5. The number of carbonyl (C=O) groups excluding carboxylic acids is 3. The molecule has 11 heteroatoms. The number of amides is 3. The molecule has 2 aromatic rings. The van der Waals surface area contributed by atoms with Gasteiger partial charge < -0.3 is 25.6 Å². The third-order valence-corrected chi connectivity index (χ3v) is 7.05. The summed E-state index contributed by atoms with van der Waals surface area (Å²) in [6.45, 7) is 7.77. The van der Waals surface area contributed by atoms with Crippen LogP contribution in [0.25, 0.3) is 16.6 Å². The van der Waals surface area contributed by atoms with Crippen LogP contribution in [0.15, 0.2) is 18.5 Å². The van der Waals surface area contributed by atoms with E-state index in [0.29, 0.717) is 55.1 Å². The van der Waals surface area contributed by atoms with Crippen LogP contribution in [0.5, 0.6) is 0 Å². The largest absolute Gasteiger partial charge is 0.444 e. The van der Waals surface area contributed by atoms with Crippen LogP contribution in [0.4, 0.5) is 10.6 Å². The molecule has 0 bridgehead atoms. The maximum Gasteiger partial charge on any atom is 0.410 e. The van der Waals surface area contributed by atoms with Gasteiger partial charge in [0.2, 0.25) is 5.91 Å². The summed E-state index contributed by atoms with van der Waals surface area (Å²) in [7, 11) is 0. The second-order valence-corrected chi connectivity index (χ2v) is 11.3. The summed E-state index contributed by atoms with van der Waals surface area (Å²) < 4.78 is 5.55. The summed E-state index contributed by atoms with van der Waals surface area (Å²) in [6, 6.07) is 1.60. The van der Waals surface area contributed by atoms with E-state index >= 15 is 0 Å². The fourth-order valence-electron chi connectivity index (χ4n) is 4.97. The van der Waals surface area contributed by atoms with Crippen LogP contribution in [0.3, 0.4) is 0 Å². The fraction of sp³-hybridized carbons (Fsp3) is 0.556. The Labute approximate surface area is 221 Å². The molecule has 2 aromatic heterocycles. The number of hydrogen-bond acceptors (Lipinski definition) is 8. The average Bonchev–Trinajstić information content (AvgIpc) is 3.73. The number of carbonyl (C=O) groups is 3. The predicted octanol–water partition coefficient (Wildman–Crippen LogP) is 2.96. The Balaban J connectivity index is 1.40. The third-order valence-electron chi connectivity index (χ3n) is 7.05. The van der Waals surface area contributed by atoms with Crippen molar-refractivity contribution in [1.82, 2.24) is 24.8 Å². The Bertz CT molecular complexity index is 1300. The highest BCUT2D eigenvalue weighted by Gasteiger charge is 2.34. The van der Waals surface area contributed by atoms with Gasteiger partial charge in [0, 0.05) is 38.1 Å². The molecule has 0 spiro atoms. The van der Waals surface area contributed by atoms with E-state index in [1.165, 1.54) is 6.33 Å². The van der Waals surface area contributed by atoms with Gasteiger partial charge in [-0.1, -0.05) is 6.08 Å². The van der Waals surface area contributed by atoms with Gasteiger partial charge in [0.05, 0.1) is 11.3 Å². The minimum atomic E-state index is -0.598. The highest BCUT2D eigenvalue weighted by molar-refractivity contribution is 6.06. The number of fused-ring (bicyclic) bond motifs is 1. The van der Waals surface area contributed by atoms with Crippen molar-refractivity contribution in [2.45, 2.75) is 64.5 Å². The Morgan fingerprint density at radius 1 is 1.08 bits per heavy atom. The van der Waals surface area contributed by atoms with Gasteiger partial charge in [-0.25, -0.2) is 19.7 Å². The van der Waals surface area contributed by atoms with E-state index in [4.69, 9.17) is 15.5 Å². The zero-order chi connectivity index (χ0) is 27.0. The molecule has 0 unspecified atom stereocenters. The van der Waals surface area contributed by atoms with Crippen LogP contribution in [-0.4, -0.2) is 80.5 Å². The van der Waals surface area contributed by atoms with Gasteiger partial charge >= 0.3 is 6.09 Å². The van der Waals surface area contributed by atoms with Crippen LogP contribution in [0, 0.1) is 5.92 Å². The van der Waals surface area contributed by atoms with Gasteiger partial charge in [-0.05, 0) is 64.5 Å². The van der Waals surface area contributed by atoms with E-state index in [2.05, 4.69) is 15.3 Å². The highest BCUT2D eigenvalue weighted by atomic mass is 16.6. The van der Waals surface area contributed by atoms with Crippen LogP contribution in [0.2, 0.25) is 0 Å². The zero-order valence-electron chi connectivity index (χ0n) is 22.2. The number of piperidine rings is 1. The lowest BCUT2D eigenvalue weighted by atomic mass is 10.0. The molecular weight excluding hydrogens is 486 g/mol. The Hall–Kier alpha value is -3.76. The molecule has 1 atom stereocenters. The molecule has 3 amide bonds. The Kier molecular flexibility index (Phi) is 6.93. The van der Waals surface area contributed by atoms with Crippen molar-refractivity contribution in [2.24, 2.45) is 11.7 Å². The summed E-state index contributed by atoms with van der Waals surface area (Å²) in [4.78, 5) is 54.7. The summed E-state index contributed by atoms with van der Waals surface area (Å²) in [5.74, 6) is 0.288. The number of nitrogens with one attached hydrogen (secondary N) is 1. The summed E-state index contributed by atoms with van der Waals surface area (Å²) >= 11 is 0. The van der Waals surface area contributed by atoms with Gasteiger partial charge in [0.1, 0.15) is 23.0 Å². The number of likely N-dealkylation sites (tertiary alicyclic amines) is 1. The Morgan fingerprint density at radius 3 is 2.53 bits per heavy atom. The van der Waals surface area contributed by atoms with Gasteiger partial charge in [-0.2, -0.15) is 0 Å². The molecule has 202 valence electrons. The molecule has 4 heterocycles. The zero-order valence-corrected chi connectivity index (χ0v) is 22.2. The van der Waals surface area contributed by atoms with E-state index < -0.39 is 11.5 Å². The van der Waals surface area contributed by atoms with Crippen molar-refractivity contribution in [1.29, 1.82) is 0 Å². The molecule has 3 N–H and O–H groups in total. The maximum atomic E-state index is 12.6.